The standard InChI is InChI=1S/C14H10O3.Na/c15-13(16)14(17)11-7-3-1-5-9(11)10-6-2-4-8-12(10)14;/h1-8,17H,(H,15,16);. The first-order chi connectivity index (χ1) is 8.15. The maximum atomic E-state index is 11.4. The van der Waals surface area contributed by atoms with Crippen LogP contribution in [0.1, 0.15) is 11.1 Å². The molecule has 18 heavy (non-hydrogen) atoms. The quantitative estimate of drug-likeness (QED) is 0.755. The maximum absolute atomic E-state index is 11.4. The molecule has 1 aliphatic rings. The molecule has 3 rings (SSSR count). The molecule has 0 aromatic heterocycles. The molecule has 0 bridgehead atoms. The third-order valence-corrected chi connectivity index (χ3v) is 3.23. The Morgan fingerprint density at radius 2 is 1.28 bits per heavy atom. The van der Waals surface area contributed by atoms with Gasteiger partial charge in [0.25, 0.3) is 0 Å². The van der Waals surface area contributed by atoms with Crippen LogP contribution in [0.4, 0.5) is 0 Å². The monoisotopic (exact) mass is 249 g/mol. The van der Waals surface area contributed by atoms with E-state index in [2.05, 4.69) is 0 Å². The van der Waals surface area contributed by atoms with Crippen molar-refractivity contribution >= 4 is 35.5 Å². The second-order valence-electron chi connectivity index (χ2n) is 4.11. The molecule has 2 aromatic carbocycles. The van der Waals surface area contributed by atoms with Crippen LogP contribution in [0.3, 0.4) is 0 Å². The van der Waals surface area contributed by atoms with E-state index in [1.54, 1.807) is 24.3 Å². The van der Waals surface area contributed by atoms with Gasteiger partial charge in [-0.2, -0.15) is 0 Å². The van der Waals surface area contributed by atoms with Gasteiger partial charge in [-0.15, -0.1) is 0 Å². The van der Waals surface area contributed by atoms with Gasteiger partial charge in [0.1, 0.15) is 0 Å². The summed E-state index contributed by atoms with van der Waals surface area (Å²) in [6.45, 7) is 0. The van der Waals surface area contributed by atoms with Crippen molar-refractivity contribution in [2.45, 2.75) is 5.60 Å². The third-order valence-electron chi connectivity index (χ3n) is 3.23. The zero-order valence-electron chi connectivity index (χ0n) is 9.92. The zero-order chi connectivity index (χ0) is 12.0. The molecule has 0 amide bonds. The minimum Gasteiger partial charge on any atom is -0.479 e. The summed E-state index contributed by atoms with van der Waals surface area (Å²) in [5.74, 6) is -1.24. The Morgan fingerprint density at radius 3 is 1.67 bits per heavy atom. The van der Waals surface area contributed by atoms with Gasteiger partial charge in [-0.25, -0.2) is 4.79 Å². The fraction of sp³-hybridized carbons (Fsp3) is 0.0714. The minimum absolute atomic E-state index is 0. The Balaban J connectivity index is 0.00000120. The average molecular weight is 249 g/mol. The normalized spacial score (nSPS) is 14.3. The predicted molar refractivity (Wildman–Crippen MR) is 68.3 cm³/mol. The molecule has 0 saturated carbocycles. The van der Waals surface area contributed by atoms with Gasteiger partial charge in [0, 0.05) is 40.7 Å². The number of fused-ring (bicyclic) bond motifs is 3. The number of carboxylic acids is 1. The number of hydrogen-bond acceptors (Lipinski definition) is 2. The van der Waals surface area contributed by atoms with Crippen molar-refractivity contribution in [2.24, 2.45) is 0 Å². The molecule has 1 radical (unpaired) electrons. The summed E-state index contributed by atoms with van der Waals surface area (Å²) in [4.78, 5) is 11.4. The fourth-order valence-corrected chi connectivity index (χ4v) is 2.44. The molecule has 0 spiro atoms. The molecule has 0 heterocycles. The largest absolute Gasteiger partial charge is 0.479 e. The van der Waals surface area contributed by atoms with Crippen LogP contribution >= 0.6 is 0 Å². The number of benzene rings is 2. The number of carbonyl (C=O) groups is 1. The molecule has 0 saturated heterocycles. The van der Waals surface area contributed by atoms with E-state index in [0.717, 1.165) is 11.1 Å². The fourth-order valence-electron chi connectivity index (χ4n) is 2.44. The van der Waals surface area contributed by atoms with Gasteiger partial charge >= 0.3 is 5.97 Å². The van der Waals surface area contributed by atoms with Crippen LogP contribution in [0, 0.1) is 0 Å². The van der Waals surface area contributed by atoms with Crippen molar-refractivity contribution in [1.29, 1.82) is 0 Å². The molecule has 0 aliphatic heterocycles. The summed E-state index contributed by atoms with van der Waals surface area (Å²) in [5.41, 5.74) is 0.524. The van der Waals surface area contributed by atoms with E-state index < -0.39 is 11.6 Å². The Morgan fingerprint density at radius 1 is 0.889 bits per heavy atom. The number of aliphatic carboxylic acids is 1. The summed E-state index contributed by atoms with van der Waals surface area (Å²) in [5, 5.41) is 19.8. The molecule has 85 valence electrons. The smallest absolute Gasteiger partial charge is 0.345 e. The first kappa shape index (κ1) is 13.3. The van der Waals surface area contributed by atoms with Crippen molar-refractivity contribution in [3.05, 3.63) is 59.7 Å². The molecule has 0 fully saturated rings. The van der Waals surface area contributed by atoms with E-state index in [0.29, 0.717) is 11.1 Å². The number of rotatable bonds is 1. The van der Waals surface area contributed by atoms with Gasteiger partial charge in [0.2, 0.25) is 5.60 Å². The van der Waals surface area contributed by atoms with Crippen LogP contribution < -0.4 is 0 Å². The first-order valence-electron chi connectivity index (χ1n) is 5.31. The Hall–Kier alpha value is -1.13. The molecular weight excluding hydrogens is 239 g/mol. The SMILES string of the molecule is O=C(O)C1(O)c2ccccc2-c2ccccc21.[Na]. The van der Waals surface area contributed by atoms with E-state index in [9.17, 15) is 15.0 Å². The van der Waals surface area contributed by atoms with Gasteiger partial charge < -0.3 is 10.2 Å². The van der Waals surface area contributed by atoms with Gasteiger partial charge in [0.05, 0.1) is 0 Å². The predicted octanol–water partition coefficient (Wildman–Crippen LogP) is 1.61. The van der Waals surface area contributed by atoms with Crippen molar-refractivity contribution in [3.63, 3.8) is 0 Å². The van der Waals surface area contributed by atoms with Crippen LogP contribution in [-0.4, -0.2) is 45.7 Å². The van der Waals surface area contributed by atoms with Crippen LogP contribution in [0.5, 0.6) is 0 Å². The molecular formula is C14H10NaO3. The van der Waals surface area contributed by atoms with E-state index in [1.165, 1.54) is 0 Å². The molecule has 4 heteroatoms. The molecule has 1 aliphatic carbocycles. The summed E-state index contributed by atoms with van der Waals surface area (Å²) in [6, 6.07) is 14.1. The number of carboxylic acid groups (broad SMARTS) is 1. The van der Waals surface area contributed by atoms with Gasteiger partial charge in [-0.1, -0.05) is 48.5 Å². The summed E-state index contributed by atoms with van der Waals surface area (Å²) < 4.78 is 0. The van der Waals surface area contributed by atoms with Crippen LogP contribution in [0.25, 0.3) is 11.1 Å². The molecule has 0 unspecified atom stereocenters. The van der Waals surface area contributed by atoms with E-state index in [4.69, 9.17) is 0 Å². The average Bonchev–Trinajstić information content (AvgIpc) is 2.63. The molecule has 3 nitrogen and oxygen atoms in total. The Kier molecular flexibility index (Phi) is 3.34. The maximum Gasteiger partial charge on any atom is 0.345 e. The van der Waals surface area contributed by atoms with E-state index in [-0.39, 0.29) is 29.6 Å². The van der Waals surface area contributed by atoms with Crippen molar-refractivity contribution < 1.29 is 15.0 Å². The van der Waals surface area contributed by atoms with E-state index in [1.807, 2.05) is 24.3 Å². The molecule has 2 aromatic rings. The second kappa shape index (κ2) is 4.52. The van der Waals surface area contributed by atoms with Gasteiger partial charge in [-0.3, -0.25) is 0 Å². The third kappa shape index (κ3) is 1.56. The topological polar surface area (TPSA) is 57.5 Å². The van der Waals surface area contributed by atoms with Crippen molar-refractivity contribution in [3.8, 4) is 11.1 Å². The van der Waals surface area contributed by atoms with Crippen LogP contribution in [0.2, 0.25) is 0 Å². The summed E-state index contributed by atoms with van der Waals surface area (Å²) in [7, 11) is 0. The second-order valence-corrected chi connectivity index (χ2v) is 4.11. The Labute approximate surface area is 126 Å². The summed E-state index contributed by atoms with van der Waals surface area (Å²) in [6.07, 6.45) is 0. The number of hydrogen-bond donors (Lipinski definition) is 2. The van der Waals surface area contributed by atoms with Crippen LogP contribution in [0.15, 0.2) is 48.5 Å². The van der Waals surface area contributed by atoms with E-state index >= 15 is 0 Å². The number of aliphatic hydroxyl groups is 1. The Bertz CT molecular complexity index is 576. The van der Waals surface area contributed by atoms with Crippen molar-refractivity contribution in [1.82, 2.24) is 0 Å². The van der Waals surface area contributed by atoms with Gasteiger partial charge in [-0.05, 0) is 11.1 Å². The molecule has 2 N–H and O–H groups in total. The summed E-state index contributed by atoms with van der Waals surface area (Å²) >= 11 is 0. The van der Waals surface area contributed by atoms with Gasteiger partial charge in [0.15, 0.2) is 0 Å². The zero-order valence-corrected chi connectivity index (χ0v) is 11.9. The first-order valence-corrected chi connectivity index (χ1v) is 5.31. The molecule has 0 atom stereocenters. The van der Waals surface area contributed by atoms with Crippen molar-refractivity contribution in [2.75, 3.05) is 0 Å². The minimum atomic E-state index is -1.92. The van der Waals surface area contributed by atoms with Crippen LogP contribution in [-0.2, 0) is 10.4 Å².